The molecule has 1 heterocycles. The van der Waals surface area contributed by atoms with Gasteiger partial charge in [0, 0.05) is 5.69 Å². The summed E-state index contributed by atoms with van der Waals surface area (Å²) >= 11 is 1.16. The smallest absolute Gasteiger partial charge is 0.263 e. The number of nitrogens with zero attached hydrogens (tertiary/aromatic N) is 2. The van der Waals surface area contributed by atoms with Crippen molar-refractivity contribution >= 4 is 38.1 Å². The predicted octanol–water partition coefficient (Wildman–Crippen LogP) is 3.29. The first-order valence-corrected chi connectivity index (χ1v) is 10.2. The van der Waals surface area contributed by atoms with Crippen LogP contribution in [0.25, 0.3) is 0 Å². The minimum Gasteiger partial charge on any atom is -0.322 e. The van der Waals surface area contributed by atoms with Crippen molar-refractivity contribution in [2.45, 2.75) is 18.2 Å². The van der Waals surface area contributed by atoms with Crippen LogP contribution >= 0.6 is 11.3 Å². The van der Waals surface area contributed by atoms with Crippen molar-refractivity contribution in [2.75, 3.05) is 10.0 Å². The van der Waals surface area contributed by atoms with Gasteiger partial charge in [-0.3, -0.25) is 9.52 Å². The minimum atomic E-state index is -3.83. The average Bonchev–Trinajstić information content (AvgIpc) is 3.09. The van der Waals surface area contributed by atoms with E-state index >= 15 is 0 Å². The summed E-state index contributed by atoms with van der Waals surface area (Å²) in [6, 6.07) is 11.1. The van der Waals surface area contributed by atoms with Crippen LogP contribution in [0.4, 0.5) is 15.2 Å². The van der Waals surface area contributed by atoms with Crippen LogP contribution in [0.15, 0.2) is 53.4 Å². The average molecular weight is 406 g/mol. The molecule has 10 heteroatoms. The van der Waals surface area contributed by atoms with Crippen LogP contribution in [0.3, 0.4) is 0 Å². The fourth-order valence-electron chi connectivity index (χ4n) is 2.17. The zero-order valence-corrected chi connectivity index (χ0v) is 15.8. The summed E-state index contributed by atoms with van der Waals surface area (Å²) in [6.07, 6.45) is 0.662. The first-order valence-electron chi connectivity index (χ1n) is 7.90. The molecular formula is C17H15FN4O3S2. The van der Waals surface area contributed by atoms with E-state index in [1.165, 1.54) is 42.5 Å². The summed E-state index contributed by atoms with van der Waals surface area (Å²) in [5.74, 6) is -1.26. The third-order valence-corrected chi connectivity index (χ3v) is 6.00. The molecule has 0 aliphatic rings. The van der Waals surface area contributed by atoms with E-state index in [0.717, 1.165) is 16.3 Å². The number of rotatable bonds is 6. The van der Waals surface area contributed by atoms with E-state index < -0.39 is 21.7 Å². The molecule has 7 nitrogen and oxygen atoms in total. The Morgan fingerprint density at radius 3 is 2.44 bits per heavy atom. The highest BCUT2D eigenvalue weighted by molar-refractivity contribution is 7.93. The standard InChI is InChI=1S/C17H15FN4O3S2/c1-2-15-20-21-17(26-15)22-27(24,25)12-9-7-11(8-10-12)19-16(23)13-5-3-4-6-14(13)18/h3-10H,2H2,1H3,(H,19,23)(H,21,22). The Morgan fingerprint density at radius 2 is 1.81 bits per heavy atom. The third-order valence-electron chi connectivity index (χ3n) is 3.53. The molecule has 0 saturated heterocycles. The fraction of sp³-hybridized carbons (Fsp3) is 0.118. The summed E-state index contributed by atoms with van der Waals surface area (Å²) in [5, 5.41) is 11.1. The van der Waals surface area contributed by atoms with Gasteiger partial charge in [-0.15, -0.1) is 10.2 Å². The lowest BCUT2D eigenvalue weighted by molar-refractivity contribution is 0.102. The van der Waals surface area contributed by atoms with Crippen molar-refractivity contribution in [1.82, 2.24) is 10.2 Å². The fourth-order valence-corrected chi connectivity index (χ4v) is 4.08. The summed E-state index contributed by atoms with van der Waals surface area (Å²) < 4.78 is 40.8. The molecule has 0 radical (unpaired) electrons. The van der Waals surface area contributed by atoms with Crippen LogP contribution in [0.1, 0.15) is 22.3 Å². The molecule has 0 bridgehead atoms. The second-order valence-corrected chi connectivity index (χ2v) is 8.16. The van der Waals surface area contributed by atoms with E-state index in [1.807, 2.05) is 6.92 Å². The first-order chi connectivity index (χ1) is 12.9. The summed E-state index contributed by atoms with van der Waals surface area (Å²) in [5.41, 5.74) is 0.241. The molecule has 0 atom stereocenters. The molecule has 1 aromatic heterocycles. The van der Waals surface area contributed by atoms with Crippen LogP contribution in [-0.2, 0) is 16.4 Å². The molecule has 0 aliphatic heterocycles. The highest BCUT2D eigenvalue weighted by atomic mass is 32.2. The zero-order chi connectivity index (χ0) is 19.4. The maximum atomic E-state index is 13.6. The number of hydrogen-bond donors (Lipinski definition) is 2. The summed E-state index contributed by atoms with van der Waals surface area (Å²) in [4.78, 5) is 12.1. The van der Waals surface area contributed by atoms with Crippen molar-refractivity contribution < 1.29 is 17.6 Å². The lowest BCUT2D eigenvalue weighted by Crippen LogP contribution is -2.15. The Bertz CT molecular complexity index is 1070. The minimum absolute atomic E-state index is 0.000334. The topological polar surface area (TPSA) is 101 Å². The van der Waals surface area contributed by atoms with Gasteiger partial charge in [-0.05, 0) is 42.8 Å². The molecule has 2 N–H and O–H groups in total. The molecule has 0 unspecified atom stereocenters. The number of sulfonamides is 1. The third kappa shape index (κ3) is 4.47. The lowest BCUT2D eigenvalue weighted by atomic mass is 10.2. The quantitative estimate of drug-likeness (QED) is 0.654. The number of nitrogens with one attached hydrogen (secondary N) is 2. The maximum absolute atomic E-state index is 13.6. The first kappa shape index (κ1) is 18.9. The van der Waals surface area contributed by atoms with E-state index in [1.54, 1.807) is 6.07 Å². The van der Waals surface area contributed by atoms with Gasteiger partial charge in [0.2, 0.25) is 5.13 Å². The number of carbonyl (C=O) groups is 1. The van der Waals surface area contributed by atoms with E-state index in [-0.39, 0.29) is 15.6 Å². The van der Waals surface area contributed by atoms with Gasteiger partial charge in [0.15, 0.2) is 0 Å². The molecule has 0 spiro atoms. The highest BCUT2D eigenvalue weighted by Gasteiger charge is 2.17. The Hall–Kier alpha value is -2.85. The summed E-state index contributed by atoms with van der Waals surface area (Å²) in [6.45, 7) is 1.90. The van der Waals surface area contributed by atoms with Crippen molar-refractivity contribution in [2.24, 2.45) is 0 Å². The van der Waals surface area contributed by atoms with Gasteiger partial charge in [-0.1, -0.05) is 30.4 Å². The summed E-state index contributed by atoms with van der Waals surface area (Å²) in [7, 11) is -3.83. The molecule has 27 heavy (non-hydrogen) atoms. The van der Waals surface area contributed by atoms with E-state index in [2.05, 4.69) is 20.2 Å². The van der Waals surface area contributed by atoms with Crippen molar-refractivity contribution in [1.29, 1.82) is 0 Å². The van der Waals surface area contributed by atoms with Crippen LogP contribution in [-0.4, -0.2) is 24.5 Å². The van der Waals surface area contributed by atoms with E-state index in [4.69, 9.17) is 0 Å². The van der Waals surface area contributed by atoms with Gasteiger partial charge in [-0.2, -0.15) is 0 Å². The Kier molecular flexibility index (Phi) is 5.47. The largest absolute Gasteiger partial charge is 0.322 e. The van der Waals surface area contributed by atoms with Crippen molar-refractivity contribution in [3.63, 3.8) is 0 Å². The number of carbonyl (C=O) groups excluding carboxylic acids is 1. The van der Waals surface area contributed by atoms with Crippen LogP contribution in [0.2, 0.25) is 0 Å². The number of amides is 1. The van der Waals surface area contributed by atoms with E-state index in [9.17, 15) is 17.6 Å². The Morgan fingerprint density at radius 1 is 1.11 bits per heavy atom. The molecule has 0 saturated carbocycles. The van der Waals surface area contributed by atoms with Gasteiger partial charge < -0.3 is 5.32 Å². The predicted molar refractivity (Wildman–Crippen MR) is 101 cm³/mol. The monoisotopic (exact) mass is 406 g/mol. The maximum Gasteiger partial charge on any atom is 0.263 e. The zero-order valence-electron chi connectivity index (χ0n) is 14.1. The number of hydrogen-bond acceptors (Lipinski definition) is 6. The van der Waals surface area contributed by atoms with Gasteiger partial charge in [0.05, 0.1) is 10.5 Å². The van der Waals surface area contributed by atoms with Gasteiger partial charge >= 0.3 is 0 Å². The molecule has 0 aliphatic carbocycles. The number of aromatic nitrogens is 2. The highest BCUT2D eigenvalue weighted by Crippen LogP contribution is 2.21. The molecule has 140 valence electrons. The molecule has 3 aromatic rings. The molecule has 3 rings (SSSR count). The Labute approximate surface area is 159 Å². The molecular weight excluding hydrogens is 391 g/mol. The molecule has 0 fully saturated rings. The number of aryl methyl sites for hydroxylation is 1. The number of anilines is 2. The molecule has 1 amide bonds. The van der Waals surface area contributed by atoms with Crippen molar-refractivity contribution in [3.8, 4) is 0 Å². The normalized spacial score (nSPS) is 11.2. The number of halogens is 1. The van der Waals surface area contributed by atoms with E-state index in [0.29, 0.717) is 12.1 Å². The van der Waals surface area contributed by atoms with Gasteiger partial charge in [0.1, 0.15) is 10.8 Å². The second kappa shape index (κ2) is 7.80. The Balaban J connectivity index is 1.72. The van der Waals surface area contributed by atoms with Gasteiger partial charge in [-0.25, -0.2) is 12.8 Å². The number of benzene rings is 2. The second-order valence-electron chi connectivity index (χ2n) is 5.42. The van der Waals surface area contributed by atoms with Crippen molar-refractivity contribution in [3.05, 3.63) is 64.9 Å². The SMILES string of the molecule is CCc1nnc(NS(=O)(=O)c2ccc(NC(=O)c3ccccc3F)cc2)s1. The van der Waals surface area contributed by atoms with Crippen LogP contribution in [0.5, 0.6) is 0 Å². The van der Waals surface area contributed by atoms with Crippen LogP contribution < -0.4 is 10.0 Å². The lowest BCUT2D eigenvalue weighted by Gasteiger charge is -2.08. The van der Waals surface area contributed by atoms with Crippen LogP contribution in [0, 0.1) is 5.82 Å². The van der Waals surface area contributed by atoms with Gasteiger partial charge in [0.25, 0.3) is 15.9 Å². The molecule has 2 aromatic carbocycles.